The zero-order chi connectivity index (χ0) is 10.0. The molecule has 1 unspecified atom stereocenters. The van der Waals surface area contributed by atoms with Crippen LogP contribution in [0.2, 0.25) is 0 Å². The van der Waals surface area contributed by atoms with Gasteiger partial charge < -0.3 is 5.32 Å². The van der Waals surface area contributed by atoms with Crippen molar-refractivity contribution in [1.82, 2.24) is 10.2 Å². The Kier molecular flexibility index (Phi) is 3.13. The van der Waals surface area contributed by atoms with Crippen LogP contribution in [0.25, 0.3) is 0 Å². The Balaban J connectivity index is 1.92. The van der Waals surface area contributed by atoms with E-state index in [1.165, 1.54) is 51.9 Å². The van der Waals surface area contributed by atoms with Crippen LogP contribution in [-0.2, 0) is 0 Å². The summed E-state index contributed by atoms with van der Waals surface area (Å²) in [6.07, 6.45) is 5.51. The molecule has 0 aromatic heterocycles. The number of nitrogens with one attached hydrogen (secondary N) is 1. The van der Waals surface area contributed by atoms with Crippen molar-refractivity contribution in [3.05, 3.63) is 0 Å². The van der Waals surface area contributed by atoms with Gasteiger partial charge in [-0.1, -0.05) is 13.8 Å². The van der Waals surface area contributed by atoms with Gasteiger partial charge in [0.1, 0.15) is 0 Å². The largest absolute Gasteiger partial charge is 0.315 e. The fourth-order valence-corrected chi connectivity index (χ4v) is 3.06. The Morgan fingerprint density at radius 2 is 2.14 bits per heavy atom. The minimum atomic E-state index is 0.655. The lowest BCUT2D eigenvalue weighted by Gasteiger charge is -2.29. The van der Waals surface area contributed by atoms with E-state index in [0.29, 0.717) is 5.41 Å². The summed E-state index contributed by atoms with van der Waals surface area (Å²) in [5, 5.41) is 3.47. The maximum atomic E-state index is 3.47. The van der Waals surface area contributed by atoms with Gasteiger partial charge in [0.15, 0.2) is 0 Å². The van der Waals surface area contributed by atoms with Crippen LogP contribution in [0.1, 0.15) is 39.5 Å². The molecule has 82 valence electrons. The maximum Gasteiger partial charge on any atom is 0.0232 e. The lowest BCUT2D eigenvalue weighted by atomic mass is 9.82. The molecule has 0 spiro atoms. The van der Waals surface area contributed by atoms with E-state index in [9.17, 15) is 0 Å². The molecular weight excluding hydrogens is 172 g/mol. The molecule has 2 heterocycles. The fourth-order valence-electron chi connectivity index (χ4n) is 3.06. The molecule has 0 aromatic carbocycles. The molecule has 1 atom stereocenters. The smallest absolute Gasteiger partial charge is 0.0232 e. The Hall–Kier alpha value is -0.0800. The fraction of sp³-hybridized carbons (Fsp3) is 1.00. The zero-order valence-corrected chi connectivity index (χ0v) is 9.68. The van der Waals surface area contributed by atoms with Crippen molar-refractivity contribution in [1.29, 1.82) is 0 Å². The number of nitrogens with zero attached hydrogens (tertiary/aromatic N) is 1. The Morgan fingerprint density at radius 3 is 2.64 bits per heavy atom. The molecule has 1 N–H and O–H groups in total. The molecule has 0 amide bonds. The highest BCUT2D eigenvalue weighted by Crippen LogP contribution is 2.38. The molecule has 2 aliphatic heterocycles. The quantitative estimate of drug-likeness (QED) is 0.741. The van der Waals surface area contributed by atoms with Crippen molar-refractivity contribution in [2.45, 2.75) is 45.6 Å². The molecule has 0 aliphatic carbocycles. The highest BCUT2D eigenvalue weighted by molar-refractivity contribution is 4.93. The summed E-state index contributed by atoms with van der Waals surface area (Å²) < 4.78 is 0. The van der Waals surface area contributed by atoms with E-state index in [-0.39, 0.29) is 0 Å². The van der Waals surface area contributed by atoms with E-state index in [2.05, 4.69) is 24.1 Å². The van der Waals surface area contributed by atoms with Crippen LogP contribution in [-0.4, -0.2) is 37.1 Å². The molecule has 0 bridgehead atoms. The normalized spacial score (nSPS) is 32.6. The second-order valence-electron chi connectivity index (χ2n) is 5.07. The molecule has 2 fully saturated rings. The maximum absolute atomic E-state index is 3.47. The van der Waals surface area contributed by atoms with Gasteiger partial charge in [-0.3, -0.25) is 4.90 Å². The predicted molar refractivity (Wildman–Crippen MR) is 60.5 cm³/mol. The Morgan fingerprint density at radius 1 is 1.36 bits per heavy atom. The highest BCUT2D eigenvalue weighted by atomic mass is 15.2. The Labute approximate surface area is 88.1 Å². The van der Waals surface area contributed by atoms with Gasteiger partial charge in [-0.05, 0) is 44.2 Å². The molecule has 2 rings (SSSR count). The zero-order valence-electron chi connectivity index (χ0n) is 9.68. The molecule has 0 radical (unpaired) electrons. The standard InChI is InChI=1S/C12H24N2/c1-3-12(4-2)6-8-14(10-12)11-5-7-13-9-11/h11,13H,3-10H2,1-2H3. The lowest BCUT2D eigenvalue weighted by Crippen LogP contribution is -2.36. The number of rotatable bonds is 3. The molecule has 14 heavy (non-hydrogen) atoms. The monoisotopic (exact) mass is 196 g/mol. The van der Waals surface area contributed by atoms with Crippen LogP contribution in [0.5, 0.6) is 0 Å². The summed E-state index contributed by atoms with van der Waals surface area (Å²) in [6.45, 7) is 9.87. The summed E-state index contributed by atoms with van der Waals surface area (Å²) in [7, 11) is 0. The van der Waals surface area contributed by atoms with E-state index < -0.39 is 0 Å². The minimum absolute atomic E-state index is 0.655. The molecule has 2 nitrogen and oxygen atoms in total. The van der Waals surface area contributed by atoms with Crippen molar-refractivity contribution in [2.75, 3.05) is 26.2 Å². The van der Waals surface area contributed by atoms with Crippen molar-refractivity contribution in [3.63, 3.8) is 0 Å². The van der Waals surface area contributed by atoms with Crippen LogP contribution >= 0.6 is 0 Å². The average Bonchev–Trinajstić information content (AvgIpc) is 2.87. The first-order valence-corrected chi connectivity index (χ1v) is 6.24. The van der Waals surface area contributed by atoms with Crippen molar-refractivity contribution < 1.29 is 0 Å². The van der Waals surface area contributed by atoms with Gasteiger partial charge in [0.05, 0.1) is 0 Å². The lowest BCUT2D eigenvalue weighted by molar-refractivity contribution is 0.202. The van der Waals surface area contributed by atoms with E-state index >= 15 is 0 Å². The molecule has 2 saturated heterocycles. The van der Waals surface area contributed by atoms with Gasteiger partial charge >= 0.3 is 0 Å². The van der Waals surface area contributed by atoms with Crippen molar-refractivity contribution in [3.8, 4) is 0 Å². The van der Waals surface area contributed by atoms with Crippen LogP contribution in [0, 0.1) is 5.41 Å². The van der Waals surface area contributed by atoms with Crippen molar-refractivity contribution >= 4 is 0 Å². The van der Waals surface area contributed by atoms with Crippen LogP contribution in [0.15, 0.2) is 0 Å². The highest BCUT2D eigenvalue weighted by Gasteiger charge is 2.38. The third kappa shape index (κ3) is 1.82. The van der Waals surface area contributed by atoms with Gasteiger partial charge in [0.25, 0.3) is 0 Å². The van der Waals surface area contributed by atoms with E-state index in [0.717, 1.165) is 6.04 Å². The van der Waals surface area contributed by atoms with Gasteiger partial charge in [-0.2, -0.15) is 0 Å². The number of hydrogen-bond donors (Lipinski definition) is 1. The third-order valence-corrected chi connectivity index (χ3v) is 4.52. The van der Waals surface area contributed by atoms with E-state index in [4.69, 9.17) is 0 Å². The third-order valence-electron chi connectivity index (χ3n) is 4.52. The first-order chi connectivity index (χ1) is 6.79. The topological polar surface area (TPSA) is 15.3 Å². The van der Waals surface area contributed by atoms with Gasteiger partial charge in [-0.25, -0.2) is 0 Å². The molecule has 0 saturated carbocycles. The van der Waals surface area contributed by atoms with Crippen LogP contribution < -0.4 is 5.32 Å². The van der Waals surface area contributed by atoms with E-state index in [1.807, 2.05) is 0 Å². The summed E-state index contributed by atoms with van der Waals surface area (Å²) in [4.78, 5) is 2.73. The summed E-state index contributed by atoms with van der Waals surface area (Å²) in [6, 6.07) is 0.843. The van der Waals surface area contributed by atoms with Gasteiger partial charge in [0.2, 0.25) is 0 Å². The van der Waals surface area contributed by atoms with Gasteiger partial charge in [-0.15, -0.1) is 0 Å². The second-order valence-corrected chi connectivity index (χ2v) is 5.07. The van der Waals surface area contributed by atoms with Crippen LogP contribution in [0.4, 0.5) is 0 Å². The summed E-state index contributed by atoms with van der Waals surface area (Å²) in [5.41, 5.74) is 0.655. The summed E-state index contributed by atoms with van der Waals surface area (Å²) >= 11 is 0. The SMILES string of the molecule is CCC1(CC)CCN(C2CCNC2)C1. The summed E-state index contributed by atoms with van der Waals surface area (Å²) in [5.74, 6) is 0. The van der Waals surface area contributed by atoms with Crippen LogP contribution in [0.3, 0.4) is 0 Å². The van der Waals surface area contributed by atoms with Crippen molar-refractivity contribution in [2.24, 2.45) is 5.41 Å². The number of likely N-dealkylation sites (tertiary alicyclic amines) is 1. The second kappa shape index (κ2) is 4.19. The Bertz CT molecular complexity index is 181. The molecule has 2 heteroatoms. The molecular formula is C12H24N2. The molecule has 2 aliphatic rings. The number of hydrogen-bond acceptors (Lipinski definition) is 2. The minimum Gasteiger partial charge on any atom is -0.315 e. The first-order valence-electron chi connectivity index (χ1n) is 6.24. The van der Waals surface area contributed by atoms with E-state index in [1.54, 1.807) is 0 Å². The average molecular weight is 196 g/mol. The molecule has 0 aromatic rings. The first kappa shape index (κ1) is 10.4. The predicted octanol–water partition coefficient (Wildman–Crippen LogP) is 1.86. The van der Waals surface area contributed by atoms with Gasteiger partial charge in [0, 0.05) is 19.1 Å².